The van der Waals surface area contributed by atoms with Gasteiger partial charge in [0.25, 0.3) is 0 Å². The molecule has 7 heteroatoms. The van der Waals surface area contributed by atoms with Gasteiger partial charge in [0, 0.05) is 25.0 Å². The number of carbonyl (C=O) groups is 1. The zero-order valence-corrected chi connectivity index (χ0v) is 18.1. The lowest BCUT2D eigenvalue weighted by Gasteiger charge is -2.27. The number of aryl methyl sites for hydroxylation is 1. The third-order valence-corrected chi connectivity index (χ3v) is 7.74. The molecule has 2 aromatic rings. The fraction of sp³-hybridized carbons (Fsp3) is 0.381. The summed E-state index contributed by atoms with van der Waals surface area (Å²) in [5.74, 6) is -0.151. The highest BCUT2D eigenvalue weighted by Gasteiger charge is 2.40. The summed E-state index contributed by atoms with van der Waals surface area (Å²) in [4.78, 5) is 16.1. The highest BCUT2D eigenvalue weighted by molar-refractivity contribution is 7.98. The van der Waals surface area contributed by atoms with E-state index >= 15 is 0 Å². The van der Waals surface area contributed by atoms with Gasteiger partial charge in [-0.15, -0.1) is 11.8 Å². The minimum atomic E-state index is -3.68. The van der Waals surface area contributed by atoms with Crippen LogP contribution in [-0.4, -0.2) is 49.4 Å². The maximum absolute atomic E-state index is 13.1. The van der Waals surface area contributed by atoms with Gasteiger partial charge in [-0.1, -0.05) is 29.8 Å². The van der Waals surface area contributed by atoms with Crippen molar-refractivity contribution in [1.29, 1.82) is 0 Å². The van der Waals surface area contributed by atoms with Crippen LogP contribution in [0.4, 0.5) is 0 Å². The van der Waals surface area contributed by atoms with Crippen molar-refractivity contribution in [3.8, 4) is 0 Å². The third-order valence-electron chi connectivity index (χ3n) is 5.07. The van der Waals surface area contributed by atoms with Gasteiger partial charge in [-0.2, -0.15) is 4.31 Å². The predicted octanol–water partition coefficient (Wildman–Crippen LogP) is 3.53. The van der Waals surface area contributed by atoms with Gasteiger partial charge in [0.15, 0.2) is 0 Å². The van der Waals surface area contributed by atoms with Crippen LogP contribution in [0.15, 0.2) is 58.3 Å². The third kappa shape index (κ3) is 4.42. The van der Waals surface area contributed by atoms with Crippen molar-refractivity contribution in [2.75, 3.05) is 19.8 Å². The van der Waals surface area contributed by atoms with Gasteiger partial charge in [-0.3, -0.25) is 4.79 Å². The first kappa shape index (κ1) is 20.9. The fourth-order valence-electron chi connectivity index (χ4n) is 3.46. The molecule has 0 aliphatic carbocycles. The van der Waals surface area contributed by atoms with E-state index in [4.69, 9.17) is 0 Å². The lowest BCUT2D eigenvalue weighted by Crippen LogP contribution is -2.46. The molecule has 0 saturated carbocycles. The summed E-state index contributed by atoms with van der Waals surface area (Å²) in [6.45, 7) is 2.75. The van der Waals surface area contributed by atoms with Gasteiger partial charge in [-0.05, 0) is 55.9 Å². The number of amides is 1. The molecule has 1 aliphatic heterocycles. The maximum atomic E-state index is 13.1. The van der Waals surface area contributed by atoms with Gasteiger partial charge in [0.2, 0.25) is 15.9 Å². The molecule has 1 fully saturated rings. The van der Waals surface area contributed by atoms with Crippen LogP contribution < -0.4 is 0 Å². The van der Waals surface area contributed by atoms with E-state index in [2.05, 4.69) is 0 Å². The topological polar surface area (TPSA) is 57.7 Å². The van der Waals surface area contributed by atoms with Crippen molar-refractivity contribution >= 4 is 27.7 Å². The Labute approximate surface area is 171 Å². The first-order valence-electron chi connectivity index (χ1n) is 9.29. The number of carbonyl (C=O) groups excluding carboxylic acids is 1. The predicted molar refractivity (Wildman–Crippen MR) is 113 cm³/mol. The highest BCUT2D eigenvalue weighted by Crippen LogP contribution is 2.27. The number of hydrogen-bond acceptors (Lipinski definition) is 4. The second-order valence-electron chi connectivity index (χ2n) is 7.13. The zero-order valence-electron chi connectivity index (χ0n) is 16.5. The average molecular weight is 419 g/mol. The van der Waals surface area contributed by atoms with E-state index in [1.54, 1.807) is 48.0 Å². The quantitative estimate of drug-likeness (QED) is 0.674. The van der Waals surface area contributed by atoms with Gasteiger partial charge in [0.1, 0.15) is 6.04 Å². The smallest absolute Gasteiger partial charge is 0.243 e. The van der Waals surface area contributed by atoms with Crippen LogP contribution in [0.1, 0.15) is 24.0 Å². The Morgan fingerprint density at radius 2 is 1.79 bits per heavy atom. The Morgan fingerprint density at radius 3 is 2.39 bits per heavy atom. The van der Waals surface area contributed by atoms with E-state index in [1.807, 2.05) is 37.4 Å². The summed E-state index contributed by atoms with van der Waals surface area (Å²) in [7, 11) is -1.95. The molecule has 28 heavy (non-hydrogen) atoms. The SMILES string of the molecule is CSc1ccc(CN(C)C(=O)C2CCCN2S(=O)(=O)c2ccc(C)cc2)cc1. The van der Waals surface area contributed by atoms with Gasteiger partial charge >= 0.3 is 0 Å². The van der Waals surface area contributed by atoms with Crippen LogP contribution in [0.25, 0.3) is 0 Å². The summed E-state index contributed by atoms with van der Waals surface area (Å²) in [5.41, 5.74) is 2.03. The van der Waals surface area contributed by atoms with Crippen molar-refractivity contribution in [1.82, 2.24) is 9.21 Å². The molecule has 1 amide bonds. The van der Waals surface area contributed by atoms with Crippen molar-refractivity contribution in [2.45, 2.75) is 42.1 Å². The van der Waals surface area contributed by atoms with Crippen molar-refractivity contribution in [2.24, 2.45) is 0 Å². The molecule has 1 saturated heterocycles. The molecule has 2 aromatic carbocycles. The second-order valence-corrected chi connectivity index (χ2v) is 9.90. The van der Waals surface area contributed by atoms with Crippen LogP contribution in [0.3, 0.4) is 0 Å². The molecule has 0 bridgehead atoms. The Kier molecular flexibility index (Phi) is 6.47. The van der Waals surface area contributed by atoms with Crippen LogP contribution in [0.2, 0.25) is 0 Å². The Morgan fingerprint density at radius 1 is 1.14 bits per heavy atom. The summed E-state index contributed by atoms with van der Waals surface area (Å²) in [6, 6.07) is 14.2. The maximum Gasteiger partial charge on any atom is 0.243 e. The lowest BCUT2D eigenvalue weighted by atomic mass is 10.1. The van der Waals surface area contributed by atoms with Crippen molar-refractivity contribution in [3.63, 3.8) is 0 Å². The minimum Gasteiger partial charge on any atom is -0.340 e. The standard InChI is InChI=1S/C21H26N2O3S2/c1-16-6-12-19(13-7-16)28(25,26)23-14-4-5-20(23)21(24)22(2)15-17-8-10-18(27-3)11-9-17/h6-13,20H,4-5,14-15H2,1-3H3. The Bertz CT molecular complexity index is 925. The summed E-state index contributed by atoms with van der Waals surface area (Å²) in [5, 5.41) is 0. The number of hydrogen-bond donors (Lipinski definition) is 0. The van der Waals surface area contributed by atoms with Crippen molar-refractivity contribution in [3.05, 3.63) is 59.7 Å². The summed E-state index contributed by atoms with van der Waals surface area (Å²) < 4.78 is 27.5. The molecular formula is C21H26N2O3S2. The molecule has 1 atom stereocenters. The zero-order chi connectivity index (χ0) is 20.3. The molecule has 150 valence electrons. The number of sulfonamides is 1. The van der Waals surface area contributed by atoms with Crippen LogP contribution in [0.5, 0.6) is 0 Å². The molecular weight excluding hydrogens is 392 g/mol. The number of rotatable bonds is 6. The van der Waals surface area contributed by atoms with Gasteiger partial charge in [-0.25, -0.2) is 8.42 Å². The molecule has 3 rings (SSSR count). The number of likely N-dealkylation sites (N-methyl/N-ethyl adjacent to an activating group) is 1. The molecule has 5 nitrogen and oxygen atoms in total. The number of thioether (sulfide) groups is 1. The van der Waals surface area contributed by atoms with E-state index in [0.717, 1.165) is 11.1 Å². The van der Waals surface area contributed by atoms with Crippen LogP contribution in [0, 0.1) is 6.92 Å². The van der Waals surface area contributed by atoms with Gasteiger partial charge in [0.05, 0.1) is 4.90 Å². The number of benzene rings is 2. The molecule has 0 aromatic heterocycles. The average Bonchev–Trinajstić information content (AvgIpc) is 3.19. The van der Waals surface area contributed by atoms with E-state index in [1.165, 1.54) is 9.20 Å². The van der Waals surface area contributed by atoms with E-state index in [0.29, 0.717) is 25.9 Å². The molecule has 0 radical (unpaired) electrons. The highest BCUT2D eigenvalue weighted by atomic mass is 32.2. The monoisotopic (exact) mass is 418 g/mol. The first-order valence-corrected chi connectivity index (χ1v) is 12.0. The minimum absolute atomic E-state index is 0.151. The first-order chi connectivity index (χ1) is 13.3. The summed E-state index contributed by atoms with van der Waals surface area (Å²) in [6.07, 6.45) is 3.27. The molecule has 1 unspecified atom stereocenters. The Hall–Kier alpha value is -1.83. The van der Waals surface area contributed by atoms with Gasteiger partial charge < -0.3 is 4.90 Å². The lowest BCUT2D eigenvalue weighted by molar-refractivity contribution is -0.133. The molecule has 0 spiro atoms. The fourth-order valence-corrected chi connectivity index (χ4v) is 5.52. The Balaban J connectivity index is 1.75. The largest absolute Gasteiger partial charge is 0.340 e. The van der Waals surface area contributed by atoms with Crippen molar-refractivity contribution < 1.29 is 13.2 Å². The van der Waals surface area contributed by atoms with Crippen LogP contribution >= 0.6 is 11.8 Å². The van der Waals surface area contributed by atoms with E-state index in [9.17, 15) is 13.2 Å². The van der Waals surface area contributed by atoms with Crippen LogP contribution in [-0.2, 0) is 21.4 Å². The van der Waals surface area contributed by atoms with E-state index < -0.39 is 16.1 Å². The number of nitrogens with zero attached hydrogens (tertiary/aromatic N) is 2. The molecule has 1 heterocycles. The van der Waals surface area contributed by atoms with E-state index in [-0.39, 0.29) is 10.8 Å². The molecule has 0 N–H and O–H groups in total. The second kappa shape index (κ2) is 8.68. The molecule has 1 aliphatic rings. The normalized spacial score (nSPS) is 17.6. The summed E-state index contributed by atoms with van der Waals surface area (Å²) >= 11 is 1.67.